The van der Waals surface area contributed by atoms with Crippen molar-refractivity contribution in [3.8, 4) is 0 Å². The number of likely N-dealkylation sites (tertiary alicyclic amines) is 1. The number of aromatic nitrogens is 1. The molecule has 2 N–H and O–H groups in total. The molecule has 1 aliphatic heterocycles. The van der Waals surface area contributed by atoms with Crippen LogP contribution in [0.15, 0.2) is 35.5 Å². The predicted molar refractivity (Wildman–Crippen MR) is 134 cm³/mol. The van der Waals surface area contributed by atoms with Gasteiger partial charge in [-0.2, -0.15) is 0 Å². The lowest BCUT2D eigenvalue weighted by Gasteiger charge is -2.30. The van der Waals surface area contributed by atoms with Crippen molar-refractivity contribution < 1.29 is 0 Å². The summed E-state index contributed by atoms with van der Waals surface area (Å²) in [6.45, 7) is 12.2. The lowest BCUT2D eigenvalue weighted by Crippen LogP contribution is -2.36. The summed E-state index contributed by atoms with van der Waals surface area (Å²) in [7, 11) is 0. The molecule has 0 aliphatic carbocycles. The van der Waals surface area contributed by atoms with E-state index in [-0.39, 0.29) is 24.0 Å². The number of piperidine rings is 1. The minimum Gasteiger partial charge on any atom is -0.357 e. The molecule has 0 amide bonds. The number of nitrogens with zero attached hydrogens (tertiary/aromatic N) is 3. The van der Waals surface area contributed by atoms with Gasteiger partial charge in [-0.15, -0.1) is 35.3 Å². The number of nitrogens with one attached hydrogen (secondary N) is 2. The third-order valence-electron chi connectivity index (χ3n) is 5.11. The minimum atomic E-state index is 0. The Kier molecular flexibility index (Phi) is 10.4. The normalized spacial score (nSPS) is 15.8. The van der Waals surface area contributed by atoms with Crippen LogP contribution in [-0.4, -0.2) is 35.5 Å². The largest absolute Gasteiger partial charge is 0.357 e. The van der Waals surface area contributed by atoms with Gasteiger partial charge in [-0.25, -0.2) is 9.98 Å². The molecule has 1 aromatic carbocycles. The van der Waals surface area contributed by atoms with E-state index in [0.717, 1.165) is 30.0 Å². The van der Waals surface area contributed by atoms with Crippen LogP contribution in [0.25, 0.3) is 0 Å². The molecule has 1 aliphatic rings. The summed E-state index contributed by atoms with van der Waals surface area (Å²) >= 11 is 1.72. The highest BCUT2D eigenvalue weighted by Gasteiger charge is 2.15. The molecule has 0 spiro atoms. The topological polar surface area (TPSA) is 52.6 Å². The van der Waals surface area contributed by atoms with Crippen molar-refractivity contribution in [2.75, 3.05) is 19.6 Å². The number of guanidine groups is 1. The summed E-state index contributed by atoms with van der Waals surface area (Å²) < 4.78 is 0. The summed E-state index contributed by atoms with van der Waals surface area (Å²) in [6.07, 6.45) is 4.56. The molecule has 0 atom stereocenters. The van der Waals surface area contributed by atoms with Crippen LogP contribution in [0.2, 0.25) is 0 Å². The van der Waals surface area contributed by atoms with Crippen LogP contribution in [0.3, 0.4) is 0 Å². The smallest absolute Gasteiger partial charge is 0.191 e. The van der Waals surface area contributed by atoms with Gasteiger partial charge in [0.1, 0.15) is 5.01 Å². The minimum absolute atomic E-state index is 0. The SMILES string of the molecule is CCNC(=NCc1cccc(CN2CCC(C)CC2)c1)NCc1ncc(C)s1.I. The monoisotopic (exact) mass is 527 g/mol. The zero-order valence-corrected chi connectivity index (χ0v) is 20.9. The Morgan fingerprint density at radius 2 is 2.00 bits per heavy atom. The van der Waals surface area contributed by atoms with Crippen LogP contribution in [0, 0.1) is 12.8 Å². The van der Waals surface area contributed by atoms with Gasteiger partial charge >= 0.3 is 0 Å². The maximum atomic E-state index is 4.76. The van der Waals surface area contributed by atoms with Crippen LogP contribution >= 0.6 is 35.3 Å². The third-order valence-corrected chi connectivity index (χ3v) is 6.03. The van der Waals surface area contributed by atoms with Gasteiger partial charge in [0, 0.05) is 24.2 Å². The first-order valence-electron chi connectivity index (χ1n) is 10.4. The molecule has 1 fully saturated rings. The summed E-state index contributed by atoms with van der Waals surface area (Å²) in [5, 5.41) is 7.79. The molecule has 1 aromatic heterocycles. The molecule has 160 valence electrons. The molecule has 29 heavy (non-hydrogen) atoms. The van der Waals surface area contributed by atoms with Crippen LogP contribution in [0.5, 0.6) is 0 Å². The van der Waals surface area contributed by atoms with Gasteiger partial charge in [-0.05, 0) is 56.8 Å². The van der Waals surface area contributed by atoms with Crippen LogP contribution < -0.4 is 10.6 Å². The van der Waals surface area contributed by atoms with E-state index in [1.54, 1.807) is 11.3 Å². The van der Waals surface area contributed by atoms with E-state index in [4.69, 9.17) is 4.99 Å². The fraction of sp³-hybridized carbons (Fsp3) is 0.545. The second-order valence-electron chi connectivity index (χ2n) is 7.69. The number of hydrogen-bond acceptors (Lipinski definition) is 4. The van der Waals surface area contributed by atoms with Crippen molar-refractivity contribution in [3.05, 3.63) is 51.5 Å². The Labute approximate surface area is 196 Å². The van der Waals surface area contributed by atoms with Crippen LogP contribution in [-0.2, 0) is 19.6 Å². The average Bonchev–Trinajstić information content (AvgIpc) is 3.11. The van der Waals surface area contributed by atoms with E-state index in [1.807, 2.05) is 6.20 Å². The maximum absolute atomic E-state index is 4.76. The molecule has 0 radical (unpaired) electrons. The Morgan fingerprint density at radius 3 is 2.69 bits per heavy atom. The van der Waals surface area contributed by atoms with Gasteiger partial charge in [0.2, 0.25) is 0 Å². The zero-order chi connectivity index (χ0) is 19.8. The third kappa shape index (κ3) is 8.22. The summed E-state index contributed by atoms with van der Waals surface area (Å²) in [5.41, 5.74) is 2.64. The quantitative estimate of drug-likeness (QED) is 0.315. The lowest BCUT2D eigenvalue weighted by molar-refractivity contribution is 0.185. The number of rotatable bonds is 7. The van der Waals surface area contributed by atoms with Gasteiger partial charge in [0.15, 0.2) is 5.96 Å². The molecule has 0 saturated carbocycles. The van der Waals surface area contributed by atoms with Crippen LogP contribution in [0.4, 0.5) is 0 Å². The fourth-order valence-corrected chi connectivity index (χ4v) is 4.19. The number of benzene rings is 1. The summed E-state index contributed by atoms with van der Waals surface area (Å²) in [4.78, 5) is 13.0. The van der Waals surface area contributed by atoms with E-state index >= 15 is 0 Å². The van der Waals surface area contributed by atoms with Crippen molar-refractivity contribution in [3.63, 3.8) is 0 Å². The van der Waals surface area contributed by atoms with Crippen molar-refractivity contribution in [1.82, 2.24) is 20.5 Å². The summed E-state index contributed by atoms with van der Waals surface area (Å²) in [6, 6.07) is 8.86. The predicted octanol–water partition coefficient (Wildman–Crippen LogP) is 4.56. The molecule has 2 heterocycles. The highest BCUT2D eigenvalue weighted by atomic mass is 127. The molecule has 5 nitrogen and oxygen atoms in total. The second kappa shape index (κ2) is 12.5. The Morgan fingerprint density at radius 1 is 1.24 bits per heavy atom. The van der Waals surface area contributed by atoms with E-state index in [1.165, 1.54) is 41.9 Å². The molecule has 7 heteroatoms. The standard InChI is InChI=1S/C22H33N5S.HI/c1-4-23-22(26-15-21-24-13-18(3)28-21)25-14-19-6-5-7-20(12-19)16-27-10-8-17(2)9-11-27;/h5-7,12-13,17H,4,8-11,14-16H2,1-3H3,(H2,23,25,26);1H. The van der Waals surface area contributed by atoms with Gasteiger partial charge < -0.3 is 10.6 Å². The van der Waals surface area contributed by atoms with Gasteiger partial charge in [0.25, 0.3) is 0 Å². The van der Waals surface area contributed by atoms with Crippen molar-refractivity contribution in [2.24, 2.45) is 10.9 Å². The molecular weight excluding hydrogens is 493 g/mol. The Hall–Kier alpha value is -1.19. The first-order valence-corrected chi connectivity index (χ1v) is 11.2. The zero-order valence-electron chi connectivity index (χ0n) is 17.8. The van der Waals surface area contributed by atoms with Crippen molar-refractivity contribution >= 4 is 41.3 Å². The Balaban J connectivity index is 0.00000300. The van der Waals surface area contributed by atoms with Crippen molar-refractivity contribution in [2.45, 2.75) is 53.2 Å². The highest BCUT2D eigenvalue weighted by molar-refractivity contribution is 14.0. The van der Waals surface area contributed by atoms with Crippen molar-refractivity contribution in [1.29, 1.82) is 0 Å². The fourth-order valence-electron chi connectivity index (χ4n) is 3.46. The molecule has 3 rings (SSSR count). The molecule has 0 unspecified atom stereocenters. The second-order valence-corrected chi connectivity index (χ2v) is 9.01. The maximum Gasteiger partial charge on any atom is 0.191 e. The van der Waals surface area contributed by atoms with Gasteiger partial charge in [0.05, 0.1) is 13.1 Å². The average molecular weight is 528 g/mol. The first-order chi connectivity index (χ1) is 13.6. The lowest BCUT2D eigenvalue weighted by atomic mass is 9.98. The van der Waals surface area contributed by atoms with E-state index < -0.39 is 0 Å². The number of aliphatic imine (C=N–C) groups is 1. The molecule has 2 aromatic rings. The summed E-state index contributed by atoms with van der Waals surface area (Å²) in [5.74, 6) is 1.72. The van der Waals surface area contributed by atoms with E-state index in [9.17, 15) is 0 Å². The number of thiazole rings is 1. The van der Waals surface area contributed by atoms with Gasteiger partial charge in [-0.1, -0.05) is 31.2 Å². The molecular formula is C22H34IN5S. The number of hydrogen-bond donors (Lipinski definition) is 2. The Bertz CT molecular complexity index is 768. The molecule has 0 bridgehead atoms. The van der Waals surface area contributed by atoms with Gasteiger partial charge in [-0.3, -0.25) is 4.90 Å². The molecule has 1 saturated heterocycles. The van der Waals surface area contributed by atoms with Crippen LogP contribution in [0.1, 0.15) is 47.7 Å². The first kappa shape index (κ1) is 24.1. The number of aryl methyl sites for hydroxylation is 1. The van der Waals surface area contributed by atoms with E-state index in [0.29, 0.717) is 13.1 Å². The highest BCUT2D eigenvalue weighted by Crippen LogP contribution is 2.18. The number of halogens is 1. The van der Waals surface area contributed by atoms with E-state index in [2.05, 4.69) is 65.6 Å².